The number of ether oxygens (including phenoxy) is 2. The van der Waals surface area contributed by atoms with Gasteiger partial charge in [0, 0.05) is 38.6 Å². The summed E-state index contributed by atoms with van der Waals surface area (Å²) in [6.07, 6.45) is 9.53. The lowest BCUT2D eigenvalue weighted by atomic mass is 9.78. The molecule has 12 nitrogen and oxygen atoms in total. The molecule has 0 spiro atoms. The summed E-state index contributed by atoms with van der Waals surface area (Å²) in [4.78, 5) is 56.7. The number of methoxy groups -OCH3 is 2. The van der Waals surface area contributed by atoms with Crippen LogP contribution >= 0.6 is 0 Å². The summed E-state index contributed by atoms with van der Waals surface area (Å²) >= 11 is 0. The van der Waals surface area contributed by atoms with Gasteiger partial charge in [0.2, 0.25) is 11.8 Å². The highest BCUT2D eigenvalue weighted by Gasteiger charge is 2.38. The number of aromatic amines is 2. The molecule has 3 heterocycles. The summed E-state index contributed by atoms with van der Waals surface area (Å²) in [5.41, 5.74) is 6.05. The van der Waals surface area contributed by atoms with Gasteiger partial charge in [0.05, 0.1) is 36.9 Å². The smallest absolute Gasteiger partial charge is 0.407 e. The average Bonchev–Trinajstić information content (AvgIpc) is 3.97. The Morgan fingerprint density at radius 3 is 2.04 bits per heavy atom. The number of hydrogen-bond donors (Lipinski definition) is 4. The first-order chi connectivity index (χ1) is 25.3. The van der Waals surface area contributed by atoms with E-state index >= 15 is 0 Å². The number of hydrogen-bond acceptors (Lipinski definition) is 7. The monoisotopic (exact) mass is 709 g/mol. The third-order valence-corrected chi connectivity index (χ3v) is 10.4. The van der Waals surface area contributed by atoms with E-state index in [4.69, 9.17) is 14.5 Å². The zero-order valence-corrected chi connectivity index (χ0v) is 30.6. The molecule has 2 fully saturated rings. The molecule has 6 rings (SSSR count). The fourth-order valence-corrected chi connectivity index (χ4v) is 7.53. The summed E-state index contributed by atoms with van der Waals surface area (Å²) in [5, 5.41) is 5.80. The lowest BCUT2D eigenvalue weighted by Gasteiger charge is -2.30. The Labute approximate surface area is 305 Å². The van der Waals surface area contributed by atoms with E-state index in [0.29, 0.717) is 19.7 Å². The van der Waals surface area contributed by atoms with Gasteiger partial charge in [-0.05, 0) is 60.3 Å². The van der Waals surface area contributed by atoms with Gasteiger partial charge < -0.3 is 35.0 Å². The summed E-state index contributed by atoms with van der Waals surface area (Å²) in [7, 11) is 2.97. The van der Waals surface area contributed by atoms with Crippen LogP contribution in [0.2, 0.25) is 0 Å². The zero-order valence-electron chi connectivity index (χ0n) is 30.6. The molecule has 0 bridgehead atoms. The Bertz CT molecular complexity index is 1800. The molecule has 52 heavy (non-hydrogen) atoms. The Morgan fingerprint density at radius 1 is 0.827 bits per heavy atom. The van der Waals surface area contributed by atoms with E-state index in [1.807, 2.05) is 31.1 Å². The van der Waals surface area contributed by atoms with E-state index in [1.54, 1.807) is 7.11 Å². The van der Waals surface area contributed by atoms with E-state index in [9.17, 15) is 14.4 Å². The van der Waals surface area contributed by atoms with Gasteiger partial charge in [-0.3, -0.25) is 9.59 Å². The standard InChI is InChI=1S/C40H51N7O5/c1-25(2)35(46-40(50)52-4)39(49)47-21-7-11-34(47)37-43-24-33(45-37)29-18-14-27(15-19-29)26-12-16-28(17-13-26)32-23-42-36(44-32)30-9-5-6-10-31(30)38(48)41-20-8-22-51-3/h12-19,23-25,30-31,34-35H,5-11,20-22H2,1-4H3,(H,41,48)(H,42,44)(H,43,45)(H,46,50)/t30-,31+,34-,35-/m0/s1. The highest BCUT2D eigenvalue weighted by Crippen LogP contribution is 2.38. The number of amides is 3. The molecule has 2 aromatic carbocycles. The molecular weight excluding hydrogens is 658 g/mol. The van der Waals surface area contributed by atoms with Crippen molar-refractivity contribution in [3.8, 4) is 33.6 Å². The molecular formula is C40H51N7O5. The molecule has 276 valence electrons. The lowest BCUT2D eigenvalue weighted by Crippen LogP contribution is -2.51. The van der Waals surface area contributed by atoms with Crippen molar-refractivity contribution in [1.82, 2.24) is 35.5 Å². The summed E-state index contributed by atoms with van der Waals surface area (Å²) in [5.74, 6) is 1.52. The number of H-pyrrole nitrogens is 2. The van der Waals surface area contributed by atoms with Crippen molar-refractivity contribution in [3.05, 3.63) is 72.6 Å². The van der Waals surface area contributed by atoms with Gasteiger partial charge >= 0.3 is 6.09 Å². The number of rotatable bonds is 13. The van der Waals surface area contributed by atoms with Crippen molar-refractivity contribution in [1.29, 1.82) is 0 Å². The van der Waals surface area contributed by atoms with Crippen LogP contribution in [0.25, 0.3) is 33.6 Å². The number of nitrogens with one attached hydrogen (secondary N) is 4. The van der Waals surface area contributed by atoms with Crippen LogP contribution in [0.4, 0.5) is 4.79 Å². The van der Waals surface area contributed by atoms with Gasteiger partial charge in [-0.2, -0.15) is 0 Å². The average molecular weight is 710 g/mol. The first-order valence-corrected chi connectivity index (χ1v) is 18.5. The predicted octanol–water partition coefficient (Wildman–Crippen LogP) is 6.60. The number of nitrogens with zero attached hydrogens (tertiary/aromatic N) is 3. The van der Waals surface area contributed by atoms with Gasteiger partial charge in [-0.25, -0.2) is 14.8 Å². The zero-order chi connectivity index (χ0) is 36.6. The van der Waals surface area contributed by atoms with E-state index in [1.165, 1.54) is 7.11 Å². The van der Waals surface area contributed by atoms with Crippen molar-refractivity contribution in [2.75, 3.05) is 33.9 Å². The third-order valence-electron chi connectivity index (χ3n) is 10.4. The molecule has 1 saturated heterocycles. The molecule has 0 unspecified atom stereocenters. The molecule has 1 aliphatic heterocycles. The van der Waals surface area contributed by atoms with Crippen LogP contribution in [0.15, 0.2) is 60.9 Å². The van der Waals surface area contributed by atoms with Crippen molar-refractivity contribution < 1.29 is 23.9 Å². The second kappa shape index (κ2) is 17.0. The van der Waals surface area contributed by atoms with Gasteiger partial charge in [0.25, 0.3) is 0 Å². The number of carbonyl (C=O) groups is 3. The molecule has 4 aromatic rings. The largest absolute Gasteiger partial charge is 0.453 e. The maximum atomic E-state index is 13.5. The van der Waals surface area contributed by atoms with Gasteiger partial charge in [-0.1, -0.05) is 75.2 Å². The number of aromatic nitrogens is 4. The van der Waals surface area contributed by atoms with Gasteiger partial charge in [0.1, 0.15) is 17.7 Å². The van der Waals surface area contributed by atoms with Crippen molar-refractivity contribution in [3.63, 3.8) is 0 Å². The highest BCUT2D eigenvalue weighted by molar-refractivity contribution is 5.86. The van der Waals surface area contributed by atoms with Crippen molar-refractivity contribution in [2.24, 2.45) is 11.8 Å². The van der Waals surface area contributed by atoms with E-state index in [0.717, 1.165) is 90.2 Å². The number of alkyl carbamates (subject to hydrolysis) is 1. The SMILES string of the molecule is COCCCNC(=O)[C@@H]1CCCC[C@@H]1c1ncc(-c2ccc(-c3ccc(-c4cnc([C@@H]5CCCN5C(=O)[C@@H](NC(=O)OC)C(C)C)[nH]4)cc3)cc2)[nH]1. The van der Waals surface area contributed by atoms with E-state index in [-0.39, 0.29) is 35.6 Å². The minimum absolute atomic E-state index is 0.0742. The highest BCUT2D eigenvalue weighted by atomic mass is 16.5. The van der Waals surface area contributed by atoms with Crippen molar-refractivity contribution >= 4 is 17.9 Å². The van der Waals surface area contributed by atoms with Crippen LogP contribution in [0, 0.1) is 11.8 Å². The molecule has 3 amide bonds. The van der Waals surface area contributed by atoms with Gasteiger partial charge in [-0.15, -0.1) is 0 Å². The molecule has 4 atom stereocenters. The van der Waals surface area contributed by atoms with Crippen LogP contribution in [0.5, 0.6) is 0 Å². The second-order valence-electron chi connectivity index (χ2n) is 14.2. The molecule has 2 aromatic heterocycles. The predicted molar refractivity (Wildman–Crippen MR) is 199 cm³/mol. The Balaban J connectivity index is 1.09. The van der Waals surface area contributed by atoms with Crippen LogP contribution in [0.3, 0.4) is 0 Å². The van der Waals surface area contributed by atoms with Crippen LogP contribution < -0.4 is 10.6 Å². The molecule has 1 saturated carbocycles. The molecule has 2 aliphatic rings. The van der Waals surface area contributed by atoms with Crippen LogP contribution in [0.1, 0.15) is 82.4 Å². The quantitative estimate of drug-likeness (QED) is 0.114. The number of likely N-dealkylation sites (tertiary alicyclic amines) is 1. The number of benzene rings is 2. The molecule has 1 aliphatic carbocycles. The minimum atomic E-state index is -0.674. The number of imidazole rings is 2. The van der Waals surface area contributed by atoms with Crippen LogP contribution in [-0.2, 0) is 19.1 Å². The summed E-state index contributed by atoms with van der Waals surface area (Å²) in [6.45, 7) is 5.68. The maximum Gasteiger partial charge on any atom is 0.407 e. The fourth-order valence-electron chi connectivity index (χ4n) is 7.53. The topological polar surface area (TPSA) is 154 Å². The minimum Gasteiger partial charge on any atom is -0.453 e. The Hall–Kier alpha value is -4.97. The Kier molecular flexibility index (Phi) is 12.1. The lowest BCUT2D eigenvalue weighted by molar-refractivity contribution is -0.135. The summed E-state index contributed by atoms with van der Waals surface area (Å²) < 4.78 is 9.87. The second-order valence-corrected chi connectivity index (χ2v) is 14.2. The third kappa shape index (κ3) is 8.39. The normalized spacial score (nSPS) is 19.4. The first kappa shape index (κ1) is 36.8. The van der Waals surface area contributed by atoms with E-state index in [2.05, 4.69) is 74.1 Å². The van der Waals surface area contributed by atoms with Gasteiger partial charge in [0.15, 0.2) is 0 Å². The summed E-state index contributed by atoms with van der Waals surface area (Å²) in [6, 6.07) is 15.9. The van der Waals surface area contributed by atoms with Crippen molar-refractivity contribution in [2.45, 2.75) is 76.8 Å². The maximum absolute atomic E-state index is 13.5. The van der Waals surface area contributed by atoms with E-state index < -0.39 is 12.1 Å². The molecule has 4 N–H and O–H groups in total. The Morgan fingerprint density at radius 2 is 1.42 bits per heavy atom. The first-order valence-electron chi connectivity index (χ1n) is 18.5. The fraction of sp³-hybridized carbons (Fsp3) is 0.475. The molecule has 0 radical (unpaired) electrons. The number of carbonyl (C=O) groups excluding carboxylic acids is 3. The van der Waals surface area contributed by atoms with Crippen LogP contribution in [-0.4, -0.2) is 82.7 Å². The molecule has 12 heteroatoms.